The molecule has 2 fully saturated rings. The molecule has 1 saturated heterocycles. The van der Waals surface area contributed by atoms with Crippen molar-refractivity contribution in [2.45, 2.75) is 68.6 Å². The zero-order valence-electron chi connectivity index (χ0n) is 15.9. The van der Waals surface area contributed by atoms with Gasteiger partial charge in [0.05, 0.1) is 4.90 Å². The molecular formula is C19H25F3N2O3S. The second-order valence-electron chi connectivity index (χ2n) is 7.91. The normalized spacial score (nSPS) is 23.8. The Bertz CT molecular complexity index is 835. The molecule has 1 aromatic carbocycles. The Morgan fingerprint density at radius 2 is 1.71 bits per heavy atom. The topological polar surface area (TPSA) is 66.5 Å². The van der Waals surface area contributed by atoms with E-state index in [1.165, 1.54) is 28.6 Å². The van der Waals surface area contributed by atoms with Gasteiger partial charge in [-0.3, -0.25) is 4.79 Å². The lowest BCUT2D eigenvalue weighted by atomic mass is 9.94. The Kier molecular flexibility index (Phi) is 5.53. The Hall–Kier alpha value is -1.61. The lowest BCUT2D eigenvalue weighted by Crippen LogP contribution is -2.58. The predicted octanol–water partition coefficient (Wildman–Crippen LogP) is 3.71. The molecule has 1 aromatic rings. The maximum atomic E-state index is 13.4. The summed E-state index contributed by atoms with van der Waals surface area (Å²) in [5, 5.41) is 2.12. The molecule has 1 aliphatic carbocycles. The molecule has 28 heavy (non-hydrogen) atoms. The lowest BCUT2D eigenvalue weighted by Gasteiger charge is -2.33. The molecule has 0 radical (unpaired) electrons. The van der Waals surface area contributed by atoms with E-state index in [1.807, 2.05) is 6.92 Å². The van der Waals surface area contributed by atoms with E-state index >= 15 is 0 Å². The van der Waals surface area contributed by atoms with Crippen molar-refractivity contribution in [3.63, 3.8) is 0 Å². The standard InChI is InChI=1S/C19H25F3N2O3S/c1-13-5-3-4-12-24(13)28(26,27)16-10-6-14(7-11-16)17(25)23-18(2,15-8-9-15)19(20,21)22/h6-7,10-11,13,15H,3-5,8-9,12H2,1-2H3,(H,23,25)/t13-,18+/m1/s1. The van der Waals surface area contributed by atoms with Crippen LogP contribution >= 0.6 is 0 Å². The molecule has 156 valence electrons. The number of rotatable bonds is 5. The first kappa shape index (κ1) is 21.1. The van der Waals surface area contributed by atoms with Gasteiger partial charge >= 0.3 is 6.18 Å². The second kappa shape index (κ2) is 7.33. The fourth-order valence-electron chi connectivity index (χ4n) is 3.72. The number of halogens is 3. The summed E-state index contributed by atoms with van der Waals surface area (Å²) in [6.45, 7) is 3.30. The number of hydrogen-bond acceptors (Lipinski definition) is 3. The van der Waals surface area contributed by atoms with E-state index in [4.69, 9.17) is 0 Å². The van der Waals surface area contributed by atoms with Crippen molar-refractivity contribution in [1.29, 1.82) is 0 Å². The number of carbonyl (C=O) groups excluding carboxylic acids is 1. The zero-order valence-corrected chi connectivity index (χ0v) is 16.7. The van der Waals surface area contributed by atoms with Crippen LogP contribution in [-0.4, -0.2) is 42.9 Å². The largest absolute Gasteiger partial charge is 0.411 e. The summed E-state index contributed by atoms with van der Waals surface area (Å²) in [4.78, 5) is 12.4. The highest BCUT2D eigenvalue weighted by molar-refractivity contribution is 7.89. The molecule has 0 spiro atoms. The van der Waals surface area contributed by atoms with Gasteiger partial charge in [-0.2, -0.15) is 17.5 Å². The minimum absolute atomic E-state index is 0.00164. The Morgan fingerprint density at radius 1 is 1.11 bits per heavy atom. The molecule has 2 atom stereocenters. The summed E-state index contributed by atoms with van der Waals surface area (Å²) < 4.78 is 67.4. The van der Waals surface area contributed by atoms with E-state index < -0.39 is 33.6 Å². The highest BCUT2D eigenvalue weighted by Gasteiger charge is 2.60. The highest BCUT2D eigenvalue weighted by Crippen LogP contribution is 2.48. The molecule has 0 aromatic heterocycles. The summed E-state index contributed by atoms with van der Waals surface area (Å²) in [6.07, 6.45) is -1.16. The van der Waals surface area contributed by atoms with Crippen molar-refractivity contribution in [2.24, 2.45) is 5.92 Å². The smallest absolute Gasteiger partial charge is 0.338 e. The zero-order chi connectivity index (χ0) is 20.7. The van der Waals surface area contributed by atoms with E-state index in [-0.39, 0.29) is 16.5 Å². The molecule has 0 unspecified atom stereocenters. The van der Waals surface area contributed by atoms with Gasteiger partial charge in [0.2, 0.25) is 10.0 Å². The third-order valence-corrected chi connectivity index (χ3v) is 7.85. The van der Waals surface area contributed by atoms with Crippen molar-refractivity contribution >= 4 is 15.9 Å². The fourth-order valence-corrected chi connectivity index (χ4v) is 5.42. The van der Waals surface area contributed by atoms with Crippen LogP contribution in [-0.2, 0) is 10.0 Å². The number of alkyl halides is 3. The maximum Gasteiger partial charge on any atom is 0.411 e. The van der Waals surface area contributed by atoms with Crippen molar-refractivity contribution in [3.05, 3.63) is 29.8 Å². The number of piperidine rings is 1. The van der Waals surface area contributed by atoms with E-state index in [0.29, 0.717) is 19.4 Å². The van der Waals surface area contributed by atoms with Crippen LogP contribution in [0.2, 0.25) is 0 Å². The Morgan fingerprint density at radius 3 is 2.21 bits per heavy atom. The number of nitrogens with one attached hydrogen (secondary N) is 1. The summed E-state index contributed by atoms with van der Waals surface area (Å²) in [7, 11) is -3.69. The van der Waals surface area contributed by atoms with Crippen molar-refractivity contribution in [3.8, 4) is 0 Å². The Balaban J connectivity index is 1.78. The van der Waals surface area contributed by atoms with Gasteiger partial charge in [-0.25, -0.2) is 8.42 Å². The van der Waals surface area contributed by atoms with E-state index in [2.05, 4.69) is 5.32 Å². The average molecular weight is 418 g/mol. The minimum Gasteiger partial charge on any atom is -0.338 e. The number of amides is 1. The van der Waals surface area contributed by atoms with Gasteiger partial charge in [-0.1, -0.05) is 6.42 Å². The van der Waals surface area contributed by atoms with Crippen LogP contribution in [0.25, 0.3) is 0 Å². The monoisotopic (exact) mass is 418 g/mol. The van der Waals surface area contributed by atoms with Gasteiger partial charge in [0.1, 0.15) is 5.54 Å². The molecule has 1 heterocycles. The molecule has 1 saturated carbocycles. The van der Waals surface area contributed by atoms with Gasteiger partial charge in [-0.05, 0) is 69.7 Å². The SMILES string of the molecule is C[C@@H]1CCCCN1S(=O)(=O)c1ccc(C(=O)N[C@@](C)(C2CC2)C(F)(F)F)cc1. The van der Waals surface area contributed by atoms with Crippen LogP contribution in [0.3, 0.4) is 0 Å². The van der Waals surface area contributed by atoms with Crippen LogP contribution < -0.4 is 5.32 Å². The number of sulfonamides is 1. The molecule has 0 bridgehead atoms. The van der Waals surface area contributed by atoms with Crippen LogP contribution in [0, 0.1) is 5.92 Å². The van der Waals surface area contributed by atoms with Gasteiger partial charge in [0, 0.05) is 18.2 Å². The maximum absolute atomic E-state index is 13.4. The minimum atomic E-state index is -4.56. The van der Waals surface area contributed by atoms with E-state index in [0.717, 1.165) is 26.2 Å². The van der Waals surface area contributed by atoms with Gasteiger partial charge in [-0.15, -0.1) is 0 Å². The summed E-state index contributed by atoms with van der Waals surface area (Å²) in [6, 6.07) is 5.00. The molecule has 9 heteroatoms. The van der Waals surface area contributed by atoms with Crippen molar-refractivity contribution < 1.29 is 26.4 Å². The summed E-state index contributed by atoms with van der Waals surface area (Å²) >= 11 is 0. The second-order valence-corrected chi connectivity index (χ2v) is 9.80. The first-order valence-electron chi connectivity index (χ1n) is 9.48. The molecular weight excluding hydrogens is 393 g/mol. The Labute approximate surface area is 163 Å². The predicted molar refractivity (Wildman–Crippen MR) is 98.3 cm³/mol. The van der Waals surface area contributed by atoms with E-state index in [9.17, 15) is 26.4 Å². The molecule has 1 N–H and O–H groups in total. The summed E-state index contributed by atoms with van der Waals surface area (Å²) in [5.74, 6) is -1.49. The summed E-state index contributed by atoms with van der Waals surface area (Å²) in [5.41, 5.74) is -2.28. The first-order valence-corrected chi connectivity index (χ1v) is 10.9. The van der Waals surface area contributed by atoms with Crippen LogP contribution in [0.5, 0.6) is 0 Å². The first-order chi connectivity index (χ1) is 13.0. The van der Waals surface area contributed by atoms with Crippen LogP contribution in [0.4, 0.5) is 13.2 Å². The molecule has 1 aliphatic heterocycles. The van der Waals surface area contributed by atoms with Gasteiger partial charge in [0.15, 0.2) is 0 Å². The van der Waals surface area contributed by atoms with Gasteiger partial charge < -0.3 is 5.32 Å². The molecule has 3 rings (SSSR count). The van der Waals surface area contributed by atoms with E-state index in [1.54, 1.807) is 0 Å². The van der Waals surface area contributed by atoms with Crippen molar-refractivity contribution in [2.75, 3.05) is 6.54 Å². The number of nitrogens with zero attached hydrogens (tertiary/aromatic N) is 1. The fraction of sp³-hybridized carbons (Fsp3) is 0.632. The quantitative estimate of drug-likeness (QED) is 0.793. The lowest BCUT2D eigenvalue weighted by molar-refractivity contribution is -0.194. The third-order valence-electron chi connectivity index (χ3n) is 5.82. The average Bonchev–Trinajstić information content (AvgIpc) is 3.46. The molecule has 1 amide bonds. The molecule has 2 aliphatic rings. The van der Waals surface area contributed by atoms with Gasteiger partial charge in [0.25, 0.3) is 5.91 Å². The number of carbonyl (C=O) groups is 1. The highest BCUT2D eigenvalue weighted by atomic mass is 32.2. The van der Waals surface area contributed by atoms with Crippen LogP contribution in [0.1, 0.15) is 56.3 Å². The van der Waals surface area contributed by atoms with Crippen LogP contribution in [0.15, 0.2) is 29.2 Å². The third kappa shape index (κ3) is 3.91. The number of hydrogen-bond donors (Lipinski definition) is 1. The van der Waals surface area contributed by atoms with Crippen molar-refractivity contribution in [1.82, 2.24) is 9.62 Å². The molecule has 5 nitrogen and oxygen atoms in total. The number of benzene rings is 1.